The Labute approximate surface area is 123 Å². The van der Waals surface area contributed by atoms with Crippen molar-refractivity contribution in [3.63, 3.8) is 0 Å². The zero-order valence-corrected chi connectivity index (χ0v) is 13.4. The van der Waals surface area contributed by atoms with E-state index in [4.69, 9.17) is 4.74 Å². The molecule has 1 saturated carbocycles. The van der Waals surface area contributed by atoms with Crippen LogP contribution in [-0.2, 0) is 6.54 Å². The predicted molar refractivity (Wildman–Crippen MR) is 84.1 cm³/mol. The predicted octanol–water partition coefficient (Wildman–Crippen LogP) is 2.90. The fraction of sp³-hybridized carbons (Fsp3) is 0.647. The summed E-state index contributed by atoms with van der Waals surface area (Å²) in [5, 5.41) is 3.53. The Kier molecular flexibility index (Phi) is 4.71. The molecule has 0 saturated heterocycles. The fourth-order valence-corrected chi connectivity index (χ4v) is 3.64. The number of nitrogens with zero attached hydrogens (tertiary/aromatic N) is 1. The summed E-state index contributed by atoms with van der Waals surface area (Å²) in [6.45, 7) is 5.67. The Balaban J connectivity index is 2.10. The average Bonchev–Trinajstić information content (AvgIpc) is 2.74. The maximum absolute atomic E-state index is 5.46. The van der Waals surface area contributed by atoms with Crippen molar-refractivity contribution in [1.29, 1.82) is 0 Å². The van der Waals surface area contributed by atoms with Crippen LogP contribution in [0.15, 0.2) is 24.3 Å². The minimum Gasteiger partial charge on any atom is -0.496 e. The lowest BCUT2D eigenvalue weighted by Gasteiger charge is -2.35. The van der Waals surface area contributed by atoms with E-state index in [9.17, 15) is 0 Å². The van der Waals surface area contributed by atoms with E-state index in [-0.39, 0.29) is 0 Å². The van der Waals surface area contributed by atoms with Gasteiger partial charge in [0.25, 0.3) is 0 Å². The molecule has 112 valence electrons. The molecule has 2 atom stereocenters. The quantitative estimate of drug-likeness (QED) is 0.895. The molecule has 2 rings (SSSR count). The maximum Gasteiger partial charge on any atom is 0.123 e. The molecule has 1 aromatic rings. The molecule has 0 bridgehead atoms. The second kappa shape index (κ2) is 6.15. The first-order valence-electron chi connectivity index (χ1n) is 7.49. The van der Waals surface area contributed by atoms with Gasteiger partial charge in [-0.05, 0) is 38.4 Å². The number of ether oxygens (including phenoxy) is 1. The van der Waals surface area contributed by atoms with E-state index in [2.05, 4.69) is 50.3 Å². The largest absolute Gasteiger partial charge is 0.496 e. The van der Waals surface area contributed by atoms with Crippen molar-refractivity contribution in [2.24, 2.45) is 5.41 Å². The summed E-state index contributed by atoms with van der Waals surface area (Å²) < 4.78 is 5.46. The third-order valence-corrected chi connectivity index (χ3v) is 4.80. The second-order valence-corrected chi connectivity index (χ2v) is 6.59. The number of benzene rings is 1. The van der Waals surface area contributed by atoms with Gasteiger partial charge in [-0.2, -0.15) is 0 Å². The Morgan fingerprint density at radius 1 is 1.35 bits per heavy atom. The summed E-state index contributed by atoms with van der Waals surface area (Å²) in [5.41, 5.74) is 1.63. The van der Waals surface area contributed by atoms with Crippen LogP contribution in [0.5, 0.6) is 5.75 Å². The monoisotopic (exact) mass is 276 g/mol. The summed E-state index contributed by atoms with van der Waals surface area (Å²) in [6.07, 6.45) is 2.53. The van der Waals surface area contributed by atoms with Crippen molar-refractivity contribution in [3.05, 3.63) is 29.8 Å². The molecule has 1 aliphatic rings. The van der Waals surface area contributed by atoms with Crippen LogP contribution in [0.2, 0.25) is 0 Å². The highest BCUT2D eigenvalue weighted by molar-refractivity contribution is 5.33. The molecule has 0 heterocycles. The molecule has 1 aliphatic carbocycles. The molecule has 20 heavy (non-hydrogen) atoms. The zero-order chi connectivity index (χ0) is 14.8. The number of methoxy groups -OCH3 is 1. The molecule has 0 amide bonds. The van der Waals surface area contributed by atoms with Crippen molar-refractivity contribution in [2.45, 2.75) is 45.3 Å². The van der Waals surface area contributed by atoms with Crippen molar-refractivity contribution in [2.75, 3.05) is 21.2 Å². The number of hydrogen-bond acceptors (Lipinski definition) is 3. The third-order valence-electron chi connectivity index (χ3n) is 4.80. The summed E-state index contributed by atoms with van der Waals surface area (Å²) in [6, 6.07) is 9.43. The van der Waals surface area contributed by atoms with Crippen molar-refractivity contribution < 1.29 is 4.74 Å². The van der Waals surface area contributed by atoms with Gasteiger partial charge >= 0.3 is 0 Å². The first-order chi connectivity index (χ1) is 9.49. The number of para-hydroxylation sites is 1. The standard InChI is InChI=1S/C17H28N2O/c1-17(2)11-10-14(16(17)18-3)19(4)12-13-8-6-7-9-15(13)20-5/h6-9,14,16,18H,10-12H2,1-5H3. The first kappa shape index (κ1) is 15.3. The average molecular weight is 276 g/mol. The molecule has 1 fully saturated rings. The van der Waals surface area contributed by atoms with Crippen molar-refractivity contribution in [3.8, 4) is 5.75 Å². The molecule has 0 radical (unpaired) electrons. The molecule has 0 aliphatic heterocycles. The highest BCUT2D eigenvalue weighted by Crippen LogP contribution is 2.39. The van der Waals surface area contributed by atoms with Gasteiger partial charge in [0.1, 0.15) is 5.75 Å². The Morgan fingerprint density at radius 2 is 2.05 bits per heavy atom. The normalized spacial score (nSPS) is 25.1. The van der Waals surface area contributed by atoms with Crippen LogP contribution in [0, 0.1) is 5.41 Å². The molecule has 1 N–H and O–H groups in total. The van der Waals surface area contributed by atoms with Gasteiger partial charge in [-0.15, -0.1) is 0 Å². The third kappa shape index (κ3) is 2.99. The molecular formula is C17H28N2O. The molecular weight excluding hydrogens is 248 g/mol. The van der Waals surface area contributed by atoms with E-state index in [1.54, 1.807) is 7.11 Å². The lowest BCUT2D eigenvalue weighted by molar-refractivity contribution is 0.170. The summed E-state index contributed by atoms with van der Waals surface area (Å²) >= 11 is 0. The van der Waals surface area contributed by atoms with Gasteiger partial charge in [0.05, 0.1) is 7.11 Å². The minimum absolute atomic E-state index is 0.369. The highest BCUT2D eigenvalue weighted by Gasteiger charge is 2.42. The summed E-state index contributed by atoms with van der Waals surface area (Å²) in [4.78, 5) is 2.47. The van der Waals surface area contributed by atoms with Gasteiger partial charge in [0, 0.05) is 24.2 Å². The van der Waals surface area contributed by atoms with E-state index in [0.29, 0.717) is 17.5 Å². The van der Waals surface area contributed by atoms with Gasteiger partial charge < -0.3 is 10.1 Å². The lowest BCUT2D eigenvalue weighted by Crippen LogP contribution is -2.49. The Bertz CT molecular complexity index is 444. The molecule has 0 spiro atoms. The number of rotatable bonds is 5. The van der Waals surface area contributed by atoms with E-state index in [1.807, 2.05) is 12.1 Å². The summed E-state index contributed by atoms with van der Waals surface area (Å²) in [5.74, 6) is 0.984. The van der Waals surface area contributed by atoms with E-state index in [0.717, 1.165) is 12.3 Å². The van der Waals surface area contributed by atoms with E-state index < -0.39 is 0 Å². The van der Waals surface area contributed by atoms with Crippen LogP contribution >= 0.6 is 0 Å². The Hall–Kier alpha value is -1.06. The minimum atomic E-state index is 0.369. The summed E-state index contributed by atoms with van der Waals surface area (Å²) in [7, 11) is 6.05. The van der Waals surface area contributed by atoms with Gasteiger partial charge in [-0.1, -0.05) is 32.0 Å². The molecule has 1 aromatic carbocycles. The number of nitrogens with one attached hydrogen (secondary N) is 1. The zero-order valence-electron chi connectivity index (χ0n) is 13.4. The van der Waals surface area contributed by atoms with Gasteiger partial charge in [0.2, 0.25) is 0 Å². The van der Waals surface area contributed by atoms with Crippen LogP contribution in [0.1, 0.15) is 32.3 Å². The molecule has 3 heteroatoms. The topological polar surface area (TPSA) is 24.5 Å². The van der Waals surface area contributed by atoms with Crippen LogP contribution in [0.25, 0.3) is 0 Å². The van der Waals surface area contributed by atoms with Crippen molar-refractivity contribution >= 4 is 0 Å². The first-order valence-corrected chi connectivity index (χ1v) is 7.49. The van der Waals surface area contributed by atoms with Crippen LogP contribution in [0.4, 0.5) is 0 Å². The van der Waals surface area contributed by atoms with Crippen molar-refractivity contribution in [1.82, 2.24) is 10.2 Å². The van der Waals surface area contributed by atoms with Crippen LogP contribution in [0.3, 0.4) is 0 Å². The van der Waals surface area contributed by atoms with Crippen LogP contribution in [-0.4, -0.2) is 38.2 Å². The smallest absolute Gasteiger partial charge is 0.123 e. The molecule has 0 aromatic heterocycles. The van der Waals surface area contributed by atoms with Gasteiger partial charge in [0.15, 0.2) is 0 Å². The number of likely N-dealkylation sites (N-methyl/N-ethyl adjacent to an activating group) is 2. The van der Waals surface area contributed by atoms with Crippen LogP contribution < -0.4 is 10.1 Å². The van der Waals surface area contributed by atoms with Gasteiger partial charge in [-0.25, -0.2) is 0 Å². The lowest BCUT2D eigenvalue weighted by atomic mass is 9.86. The van der Waals surface area contributed by atoms with E-state index in [1.165, 1.54) is 18.4 Å². The SMILES string of the molecule is CNC1C(N(C)Cc2ccccc2OC)CCC1(C)C. The number of hydrogen-bond donors (Lipinski definition) is 1. The fourth-order valence-electron chi connectivity index (χ4n) is 3.64. The molecule has 3 nitrogen and oxygen atoms in total. The Morgan fingerprint density at radius 3 is 2.70 bits per heavy atom. The highest BCUT2D eigenvalue weighted by atomic mass is 16.5. The van der Waals surface area contributed by atoms with Gasteiger partial charge in [-0.3, -0.25) is 4.90 Å². The maximum atomic E-state index is 5.46. The molecule has 2 unspecified atom stereocenters. The van der Waals surface area contributed by atoms with E-state index >= 15 is 0 Å². The second-order valence-electron chi connectivity index (χ2n) is 6.59.